The van der Waals surface area contributed by atoms with Crippen molar-refractivity contribution in [3.05, 3.63) is 47.4 Å². The number of fused-ring (bicyclic) bond motifs is 2. The summed E-state index contributed by atoms with van der Waals surface area (Å²) in [6.45, 7) is 0. The number of benzene rings is 1. The van der Waals surface area contributed by atoms with E-state index in [9.17, 15) is 13.6 Å². The van der Waals surface area contributed by atoms with Crippen LogP contribution in [-0.4, -0.2) is 32.8 Å². The molecule has 0 unspecified atom stereocenters. The van der Waals surface area contributed by atoms with Crippen molar-refractivity contribution >= 4 is 27.9 Å². The summed E-state index contributed by atoms with van der Waals surface area (Å²) in [6.07, 6.45) is 4.70. The van der Waals surface area contributed by atoms with E-state index in [1.807, 2.05) is 0 Å². The summed E-state index contributed by atoms with van der Waals surface area (Å²) < 4.78 is 36.3. The van der Waals surface area contributed by atoms with Gasteiger partial charge in [-0.1, -0.05) is 17.4 Å². The van der Waals surface area contributed by atoms with Crippen molar-refractivity contribution in [3.63, 3.8) is 0 Å². The number of carbonyl (C=O) groups is 1. The summed E-state index contributed by atoms with van der Waals surface area (Å²) in [5.74, 6) is -2.14. The standard InChI is InChI=1S/C21H22F2N6O2S/c1-29-17(21-7-5-12(24)14(31-21)6-8-21)13(9-26-29)27-19(30)16-18(25)32-20(28-16)15-10(22)3-2-4-11(15)23/h2-4,9,12,14H,5-8,24-25H2,1H3,(H,27,30)/t12-,14-,21+/m0/s1. The van der Waals surface area contributed by atoms with Crippen LogP contribution in [0.5, 0.6) is 0 Å². The maximum Gasteiger partial charge on any atom is 0.277 e. The van der Waals surface area contributed by atoms with Gasteiger partial charge in [-0.2, -0.15) is 5.10 Å². The second-order valence-corrected chi connectivity index (χ2v) is 9.24. The van der Waals surface area contributed by atoms with E-state index in [1.54, 1.807) is 17.9 Å². The summed E-state index contributed by atoms with van der Waals surface area (Å²) in [7, 11) is 1.79. The first-order valence-corrected chi connectivity index (χ1v) is 11.1. The Labute approximate surface area is 186 Å². The Balaban J connectivity index is 1.45. The fourth-order valence-electron chi connectivity index (χ4n) is 4.70. The van der Waals surface area contributed by atoms with Gasteiger partial charge in [-0.25, -0.2) is 13.8 Å². The number of rotatable bonds is 4. The van der Waals surface area contributed by atoms with Gasteiger partial charge in [0.1, 0.15) is 27.2 Å². The second kappa shape index (κ2) is 7.61. The van der Waals surface area contributed by atoms with Gasteiger partial charge in [-0.3, -0.25) is 9.48 Å². The SMILES string of the molecule is Cn1ncc(NC(=O)c2nc(-c3c(F)cccc3F)sc2N)c1[C@@]12CC[C@H](O1)[C@@H](N)CC2. The number of nitrogens with two attached hydrogens (primary N) is 2. The van der Waals surface area contributed by atoms with Crippen LogP contribution in [-0.2, 0) is 17.4 Å². The molecule has 3 atom stereocenters. The molecule has 5 rings (SSSR count). The summed E-state index contributed by atoms with van der Waals surface area (Å²) in [6, 6.07) is 3.52. The molecule has 0 aliphatic carbocycles. The predicted octanol–water partition coefficient (Wildman–Crippen LogP) is 3.15. The molecule has 0 radical (unpaired) electrons. The average molecular weight is 461 g/mol. The van der Waals surface area contributed by atoms with E-state index >= 15 is 0 Å². The number of aromatic nitrogens is 3. The van der Waals surface area contributed by atoms with Crippen molar-refractivity contribution in [2.75, 3.05) is 11.1 Å². The Morgan fingerprint density at radius 2 is 2.03 bits per heavy atom. The number of ether oxygens (including phenoxy) is 1. The van der Waals surface area contributed by atoms with E-state index < -0.39 is 23.1 Å². The highest BCUT2D eigenvalue weighted by molar-refractivity contribution is 7.19. The molecule has 1 aromatic carbocycles. The first kappa shape index (κ1) is 21.0. The van der Waals surface area contributed by atoms with Crippen molar-refractivity contribution in [3.8, 4) is 10.6 Å². The van der Waals surface area contributed by atoms with Crippen LogP contribution in [0.25, 0.3) is 10.6 Å². The lowest BCUT2D eigenvalue weighted by molar-refractivity contribution is -0.0941. The summed E-state index contributed by atoms with van der Waals surface area (Å²) in [5, 5.41) is 7.18. The molecule has 3 aromatic rings. The Kier molecular flexibility index (Phi) is 4.99. The van der Waals surface area contributed by atoms with Crippen molar-refractivity contribution in [1.29, 1.82) is 0 Å². The Morgan fingerprint density at radius 3 is 2.78 bits per heavy atom. The number of hydrogen-bond acceptors (Lipinski definition) is 7. The molecule has 2 aliphatic heterocycles. The molecule has 11 heteroatoms. The van der Waals surface area contributed by atoms with Crippen molar-refractivity contribution in [1.82, 2.24) is 14.8 Å². The molecule has 2 aliphatic rings. The molecule has 5 N–H and O–H groups in total. The van der Waals surface area contributed by atoms with E-state index in [2.05, 4.69) is 15.4 Å². The topological polar surface area (TPSA) is 121 Å². The summed E-state index contributed by atoms with van der Waals surface area (Å²) in [5.41, 5.74) is 12.4. The number of nitrogens with one attached hydrogen (secondary N) is 1. The first-order valence-electron chi connectivity index (χ1n) is 10.3. The fourth-order valence-corrected chi connectivity index (χ4v) is 5.58. The monoisotopic (exact) mass is 460 g/mol. The first-order chi connectivity index (χ1) is 15.3. The number of thiazole rings is 1. The number of anilines is 2. The highest BCUT2D eigenvalue weighted by Crippen LogP contribution is 2.49. The molecule has 32 heavy (non-hydrogen) atoms. The van der Waals surface area contributed by atoms with E-state index in [0.717, 1.165) is 54.8 Å². The van der Waals surface area contributed by atoms with Gasteiger partial charge in [0.05, 0.1) is 29.2 Å². The lowest BCUT2D eigenvalue weighted by Gasteiger charge is -2.37. The fraction of sp³-hybridized carbons (Fsp3) is 0.381. The van der Waals surface area contributed by atoms with Crippen LogP contribution >= 0.6 is 11.3 Å². The van der Waals surface area contributed by atoms with Crippen LogP contribution in [0.15, 0.2) is 24.4 Å². The largest absolute Gasteiger partial charge is 0.389 e. The maximum atomic E-state index is 14.2. The number of carbonyl (C=O) groups excluding carboxylic acids is 1. The number of nitrogens with zero attached hydrogens (tertiary/aromatic N) is 3. The van der Waals surface area contributed by atoms with Crippen LogP contribution in [0.1, 0.15) is 41.9 Å². The summed E-state index contributed by atoms with van der Waals surface area (Å²) >= 11 is 0.849. The molecule has 2 saturated heterocycles. The Morgan fingerprint density at radius 1 is 1.31 bits per heavy atom. The molecule has 2 aromatic heterocycles. The van der Waals surface area contributed by atoms with E-state index in [1.165, 1.54) is 6.07 Å². The molecule has 2 fully saturated rings. The zero-order chi connectivity index (χ0) is 22.6. The second-order valence-electron chi connectivity index (χ2n) is 8.20. The van der Waals surface area contributed by atoms with Gasteiger partial charge < -0.3 is 21.5 Å². The van der Waals surface area contributed by atoms with Gasteiger partial charge in [-0.05, 0) is 37.8 Å². The third-order valence-electron chi connectivity index (χ3n) is 6.23. The number of hydrogen-bond donors (Lipinski definition) is 3. The molecule has 0 spiro atoms. The quantitative estimate of drug-likeness (QED) is 0.550. The van der Waals surface area contributed by atoms with E-state index in [-0.39, 0.29) is 33.4 Å². The minimum atomic E-state index is -0.775. The Bertz CT molecular complexity index is 1190. The number of amides is 1. The van der Waals surface area contributed by atoms with Crippen LogP contribution in [0, 0.1) is 11.6 Å². The average Bonchev–Trinajstić information content (AvgIpc) is 3.42. The highest BCUT2D eigenvalue weighted by atomic mass is 32.1. The molecule has 168 valence electrons. The molecular formula is C21H22F2N6O2S. The van der Waals surface area contributed by atoms with Gasteiger partial charge in [0.15, 0.2) is 5.69 Å². The smallest absolute Gasteiger partial charge is 0.277 e. The molecule has 2 bridgehead atoms. The predicted molar refractivity (Wildman–Crippen MR) is 116 cm³/mol. The Hall–Kier alpha value is -2.89. The highest BCUT2D eigenvalue weighted by Gasteiger charge is 2.50. The minimum Gasteiger partial charge on any atom is -0.389 e. The van der Waals surface area contributed by atoms with Crippen LogP contribution in [0.4, 0.5) is 19.5 Å². The minimum absolute atomic E-state index is 0.00325. The maximum absolute atomic E-state index is 14.2. The van der Waals surface area contributed by atoms with Crippen LogP contribution < -0.4 is 16.8 Å². The number of nitrogen functional groups attached to an aromatic ring is 1. The zero-order valence-electron chi connectivity index (χ0n) is 17.3. The van der Waals surface area contributed by atoms with Gasteiger partial charge in [-0.15, -0.1) is 0 Å². The number of halogens is 2. The van der Waals surface area contributed by atoms with Gasteiger partial charge in [0.25, 0.3) is 5.91 Å². The van der Waals surface area contributed by atoms with E-state index in [4.69, 9.17) is 16.2 Å². The lowest BCUT2D eigenvalue weighted by atomic mass is 9.89. The van der Waals surface area contributed by atoms with Gasteiger partial charge >= 0.3 is 0 Å². The van der Waals surface area contributed by atoms with Crippen molar-refractivity contribution in [2.45, 2.75) is 43.4 Å². The third-order valence-corrected chi connectivity index (χ3v) is 7.13. The van der Waals surface area contributed by atoms with Gasteiger partial charge in [0, 0.05) is 13.1 Å². The van der Waals surface area contributed by atoms with Gasteiger partial charge in [0.2, 0.25) is 0 Å². The zero-order valence-corrected chi connectivity index (χ0v) is 18.1. The van der Waals surface area contributed by atoms with Crippen LogP contribution in [0.2, 0.25) is 0 Å². The molecule has 8 nitrogen and oxygen atoms in total. The van der Waals surface area contributed by atoms with Crippen molar-refractivity contribution in [2.24, 2.45) is 12.8 Å². The molecule has 1 amide bonds. The summed E-state index contributed by atoms with van der Waals surface area (Å²) in [4.78, 5) is 17.1. The van der Waals surface area contributed by atoms with Crippen LogP contribution in [0.3, 0.4) is 0 Å². The molecule has 4 heterocycles. The third kappa shape index (κ3) is 3.28. The van der Waals surface area contributed by atoms with Crippen molar-refractivity contribution < 1.29 is 18.3 Å². The van der Waals surface area contributed by atoms with E-state index in [0.29, 0.717) is 5.69 Å². The molecule has 0 saturated carbocycles. The number of aryl methyl sites for hydroxylation is 1. The lowest BCUT2D eigenvalue weighted by Crippen LogP contribution is -2.43. The molecular weight excluding hydrogens is 438 g/mol. The normalized spacial score (nSPS) is 24.6.